The first-order chi connectivity index (χ1) is 8.58. The van der Waals surface area contributed by atoms with Crippen LogP contribution in [0.15, 0.2) is 46.9 Å². The lowest BCUT2D eigenvalue weighted by Gasteiger charge is -2.15. The summed E-state index contributed by atoms with van der Waals surface area (Å²) >= 11 is 5.87. The lowest BCUT2D eigenvalue weighted by molar-refractivity contribution is 0.717. The predicted octanol–water partition coefficient (Wildman–Crippen LogP) is 4.60. The molecule has 0 aliphatic rings. The summed E-state index contributed by atoms with van der Waals surface area (Å²) in [5, 5.41) is 0. The van der Waals surface area contributed by atoms with Crippen molar-refractivity contribution in [1.82, 2.24) is 0 Å². The molecule has 0 aromatic heterocycles. The van der Waals surface area contributed by atoms with Crippen molar-refractivity contribution in [3.8, 4) is 0 Å². The number of rotatable bonds is 3. The molecule has 0 radical (unpaired) electrons. The zero-order chi connectivity index (χ0) is 13.1. The Morgan fingerprint density at radius 1 is 1.22 bits per heavy atom. The van der Waals surface area contributed by atoms with Crippen molar-refractivity contribution in [1.29, 1.82) is 0 Å². The highest BCUT2D eigenvalue weighted by Gasteiger charge is 2.11. The molecule has 0 bridgehead atoms. The fourth-order valence-corrected chi connectivity index (χ4v) is 3.19. The van der Waals surface area contributed by atoms with E-state index in [1.165, 1.54) is 20.3 Å². The van der Waals surface area contributed by atoms with Gasteiger partial charge in [0.25, 0.3) is 0 Å². The highest BCUT2D eigenvalue weighted by molar-refractivity contribution is 14.1. The lowest BCUT2D eigenvalue weighted by atomic mass is 9.98. The zero-order valence-electron chi connectivity index (χ0n) is 10.2. The first kappa shape index (κ1) is 14.0. The number of aryl methyl sites for hydroxylation is 1. The van der Waals surface area contributed by atoms with Crippen LogP contribution in [0.2, 0.25) is 0 Å². The molecule has 18 heavy (non-hydrogen) atoms. The minimum absolute atomic E-state index is 0.0473. The molecule has 0 spiro atoms. The molecule has 2 N–H and O–H groups in total. The van der Waals surface area contributed by atoms with Crippen molar-refractivity contribution >= 4 is 38.5 Å². The summed E-state index contributed by atoms with van der Waals surface area (Å²) in [6, 6.07) is 14.7. The van der Waals surface area contributed by atoms with Gasteiger partial charge in [-0.15, -0.1) is 0 Å². The maximum atomic E-state index is 6.33. The van der Waals surface area contributed by atoms with E-state index in [0.717, 1.165) is 10.9 Å². The Hall–Kier alpha value is -0.390. The fraction of sp³-hybridized carbons (Fsp3) is 0.200. The van der Waals surface area contributed by atoms with E-state index < -0.39 is 0 Å². The van der Waals surface area contributed by atoms with Crippen molar-refractivity contribution in [2.24, 2.45) is 5.73 Å². The molecule has 2 rings (SSSR count). The van der Waals surface area contributed by atoms with Gasteiger partial charge < -0.3 is 5.73 Å². The first-order valence-electron chi connectivity index (χ1n) is 5.83. The topological polar surface area (TPSA) is 26.0 Å². The first-order valence-corrected chi connectivity index (χ1v) is 7.70. The van der Waals surface area contributed by atoms with Crippen LogP contribution >= 0.6 is 38.5 Å². The van der Waals surface area contributed by atoms with E-state index >= 15 is 0 Å². The van der Waals surface area contributed by atoms with E-state index in [4.69, 9.17) is 5.73 Å². The molecule has 2 aromatic carbocycles. The van der Waals surface area contributed by atoms with Crippen LogP contribution in [0, 0.1) is 10.5 Å². The summed E-state index contributed by atoms with van der Waals surface area (Å²) in [7, 11) is 0. The number of benzene rings is 2. The monoisotopic (exact) mass is 415 g/mol. The third-order valence-corrected chi connectivity index (χ3v) is 4.93. The van der Waals surface area contributed by atoms with Gasteiger partial charge in [-0.25, -0.2) is 0 Å². The lowest BCUT2D eigenvalue weighted by Crippen LogP contribution is -2.15. The second-order valence-electron chi connectivity index (χ2n) is 4.42. The van der Waals surface area contributed by atoms with Crippen molar-refractivity contribution in [2.45, 2.75) is 19.4 Å². The number of halogens is 2. The van der Waals surface area contributed by atoms with Gasteiger partial charge in [-0.2, -0.15) is 0 Å². The smallest absolute Gasteiger partial charge is 0.0346 e. The number of nitrogens with two attached hydrogens (primary N) is 1. The van der Waals surface area contributed by atoms with Crippen LogP contribution in [0.1, 0.15) is 22.7 Å². The Morgan fingerprint density at radius 2 is 1.94 bits per heavy atom. The standard InChI is InChI=1S/C15H15BrIN/c1-10-4-2-7-13(15(10)17)14(18)9-11-5-3-6-12(16)8-11/h2-8,14H,9,18H2,1H3. The average Bonchev–Trinajstić information content (AvgIpc) is 2.32. The number of hydrogen-bond acceptors (Lipinski definition) is 1. The molecule has 0 saturated carbocycles. The van der Waals surface area contributed by atoms with E-state index in [-0.39, 0.29) is 6.04 Å². The van der Waals surface area contributed by atoms with Crippen molar-refractivity contribution in [3.63, 3.8) is 0 Å². The van der Waals surface area contributed by atoms with E-state index in [9.17, 15) is 0 Å². The van der Waals surface area contributed by atoms with Gasteiger partial charge >= 0.3 is 0 Å². The maximum absolute atomic E-state index is 6.33. The molecule has 1 unspecified atom stereocenters. The molecule has 3 heteroatoms. The molecule has 0 fully saturated rings. The van der Waals surface area contributed by atoms with E-state index in [1.807, 2.05) is 12.1 Å². The second-order valence-corrected chi connectivity index (χ2v) is 6.41. The predicted molar refractivity (Wildman–Crippen MR) is 88.7 cm³/mol. The van der Waals surface area contributed by atoms with Crippen LogP contribution in [-0.4, -0.2) is 0 Å². The molecular weight excluding hydrogens is 401 g/mol. The molecule has 1 nitrogen and oxygen atoms in total. The van der Waals surface area contributed by atoms with Crippen LogP contribution < -0.4 is 5.73 Å². The van der Waals surface area contributed by atoms with Gasteiger partial charge in [-0.1, -0.05) is 46.3 Å². The van der Waals surface area contributed by atoms with E-state index in [1.54, 1.807) is 0 Å². The number of hydrogen-bond donors (Lipinski definition) is 1. The minimum Gasteiger partial charge on any atom is -0.324 e. The van der Waals surface area contributed by atoms with Crippen molar-refractivity contribution in [3.05, 3.63) is 67.2 Å². The maximum Gasteiger partial charge on any atom is 0.0346 e. The third kappa shape index (κ3) is 3.33. The zero-order valence-corrected chi connectivity index (χ0v) is 13.9. The van der Waals surface area contributed by atoms with Gasteiger partial charge in [0.05, 0.1) is 0 Å². The van der Waals surface area contributed by atoms with Crippen molar-refractivity contribution in [2.75, 3.05) is 0 Å². The Balaban J connectivity index is 2.22. The molecule has 94 valence electrons. The van der Waals surface area contributed by atoms with Crippen molar-refractivity contribution < 1.29 is 0 Å². The summed E-state index contributed by atoms with van der Waals surface area (Å²) in [6.07, 6.45) is 0.860. The molecule has 2 aromatic rings. The molecular formula is C15H15BrIN. The van der Waals surface area contributed by atoms with Gasteiger partial charge in [-0.05, 0) is 64.8 Å². The summed E-state index contributed by atoms with van der Waals surface area (Å²) in [6.45, 7) is 2.12. The Kier molecular flexibility index (Phi) is 4.81. The Morgan fingerprint density at radius 3 is 2.67 bits per heavy atom. The molecule has 1 atom stereocenters. The minimum atomic E-state index is 0.0473. The normalized spacial score (nSPS) is 12.4. The Bertz CT molecular complexity index is 554. The van der Waals surface area contributed by atoms with Gasteiger partial charge in [0.2, 0.25) is 0 Å². The van der Waals surface area contributed by atoms with Crippen LogP contribution in [0.3, 0.4) is 0 Å². The highest BCUT2D eigenvalue weighted by Crippen LogP contribution is 2.24. The molecule has 0 amide bonds. The van der Waals surface area contributed by atoms with Gasteiger partial charge in [0.1, 0.15) is 0 Å². The molecule has 0 heterocycles. The van der Waals surface area contributed by atoms with Crippen LogP contribution in [0.5, 0.6) is 0 Å². The van der Waals surface area contributed by atoms with Gasteiger partial charge in [0.15, 0.2) is 0 Å². The summed E-state index contributed by atoms with van der Waals surface area (Å²) in [5.41, 5.74) is 10.1. The molecule has 0 saturated heterocycles. The van der Waals surface area contributed by atoms with Crippen LogP contribution in [-0.2, 0) is 6.42 Å². The van der Waals surface area contributed by atoms with Crippen LogP contribution in [0.25, 0.3) is 0 Å². The second kappa shape index (κ2) is 6.17. The van der Waals surface area contributed by atoms with Gasteiger partial charge in [-0.3, -0.25) is 0 Å². The van der Waals surface area contributed by atoms with E-state index in [0.29, 0.717) is 0 Å². The molecule has 0 aliphatic carbocycles. The quantitative estimate of drug-likeness (QED) is 0.728. The van der Waals surface area contributed by atoms with Gasteiger partial charge in [0, 0.05) is 14.1 Å². The summed E-state index contributed by atoms with van der Waals surface area (Å²) in [4.78, 5) is 0. The highest BCUT2D eigenvalue weighted by atomic mass is 127. The van der Waals surface area contributed by atoms with E-state index in [2.05, 4.69) is 75.8 Å². The largest absolute Gasteiger partial charge is 0.324 e. The third-order valence-electron chi connectivity index (χ3n) is 2.97. The molecule has 0 aliphatic heterocycles. The summed E-state index contributed by atoms with van der Waals surface area (Å²) in [5.74, 6) is 0. The SMILES string of the molecule is Cc1cccc(C(N)Cc2cccc(Br)c2)c1I. The summed E-state index contributed by atoms with van der Waals surface area (Å²) < 4.78 is 2.38. The Labute approximate surface area is 130 Å². The fourth-order valence-electron chi connectivity index (χ4n) is 1.98. The average molecular weight is 416 g/mol. The van der Waals surface area contributed by atoms with Crippen LogP contribution in [0.4, 0.5) is 0 Å².